The zero-order chi connectivity index (χ0) is 15.7. The van der Waals surface area contributed by atoms with Crippen molar-refractivity contribution >= 4 is 17.4 Å². The summed E-state index contributed by atoms with van der Waals surface area (Å²) in [6.07, 6.45) is 6.09. The van der Waals surface area contributed by atoms with Crippen LogP contribution in [0.2, 0.25) is 5.02 Å². The number of benzene rings is 1. The van der Waals surface area contributed by atoms with Crippen molar-refractivity contribution in [2.75, 3.05) is 20.6 Å². The summed E-state index contributed by atoms with van der Waals surface area (Å²) in [6, 6.07) is 7.92. The second kappa shape index (κ2) is 6.05. The maximum atomic E-state index is 13.0. The Hall–Kier alpha value is -1.32. The normalized spacial score (nSPS) is 25.9. The fraction of sp³-hybridized carbons (Fsp3) is 0.500. The van der Waals surface area contributed by atoms with Gasteiger partial charge in [-0.05, 0) is 37.0 Å². The van der Waals surface area contributed by atoms with Gasteiger partial charge in [-0.25, -0.2) is 0 Å². The molecule has 0 radical (unpaired) electrons. The molecule has 1 N–H and O–H groups in total. The van der Waals surface area contributed by atoms with E-state index in [9.17, 15) is 4.79 Å². The summed E-state index contributed by atoms with van der Waals surface area (Å²) in [6.45, 7) is 0.866. The van der Waals surface area contributed by atoms with E-state index in [1.54, 1.807) is 0 Å². The van der Waals surface area contributed by atoms with Gasteiger partial charge in [-0.2, -0.15) is 0 Å². The molecule has 0 aromatic heterocycles. The molecule has 1 heterocycles. The summed E-state index contributed by atoms with van der Waals surface area (Å²) < 4.78 is 0. The summed E-state index contributed by atoms with van der Waals surface area (Å²) in [5.41, 5.74) is 2.11. The van der Waals surface area contributed by atoms with Crippen LogP contribution in [-0.4, -0.2) is 37.4 Å². The van der Waals surface area contributed by atoms with Crippen molar-refractivity contribution in [1.82, 2.24) is 10.2 Å². The van der Waals surface area contributed by atoms with E-state index >= 15 is 0 Å². The molecule has 3 nitrogen and oxygen atoms in total. The predicted octanol–water partition coefficient (Wildman–Crippen LogP) is 3.14. The molecule has 1 atom stereocenters. The molecule has 0 amide bonds. The van der Waals surface area contributed by atoms with Crippen LogP contribution in [0, 0.1) is 0 Å². The SMILES string of the molecule is CN(C)/C=C1\CCNC(C2(c3ccc(Cl)cc3)CCC2)C1=O. The molecule has 4 heteroatoms. The van der Waals surface area contributed by atoms with Gasteiger partial charge in [0.1, 0.15) is 0 Å². The smallest absolute Gasteiger partial charge is 0.178 e. The highest BCUT2D eigenvalue weighted by atomic mass is 35.5. The third kappa shape index (κ3) is 2.68. The van der Waals surface area contributed by atoms with E-state index in [1.807, 2.05) is 37.3 Å². The zero-order valence-corrected chi connectivity index (χ0v) is 14.0. The number of hydrogen-bond donors (Lipinski definition) is 1. The van der Waals surface area contributed by atoms with Crippen LogP contribution >= 0.6 is 11.6 Å². The van der Waals surface area contributed by atoms with Crippen LogP contribution in [0.1, 0.15) is 31.2 Å². The van der Waals surface area contributed by atoms with Crippen molar-refractivity contribution in [3.63, 3.8) is 0 Å². The highest BCUT2D eigenvalue weighted by Crippen LogP contribution is 2.48. The Balaban J connectivity index is 1.93. The minimum Gasteiger partial charge on any atom is -0.383 e. The minimum absolute atomic E-state index is 0.0620. The summed E-state index contributed by atoms with van der Waals surface area (Å²) in [4.78, 5) is 14.9. The van der Waals surface area contributed by atoms with Crippen LogP contribution in [0.4, 0.5) is 0 Å². The lowest BCUT2D eigenvalue weighted by Gasteiger charge is -2.49. The predicted molar refractivity (Wildman–Crippen MR) is 90.2 cm³/mol. The van der Waals surface area contributed by atoms with Gasteiger partial charge in [0.05, 0.1) is 6.04 Å². The first-order valence-corrected chi connectivity index (χ1v) is 8.31. The summed E-state index contributed by atoms with van der Waals surface area (Å²) in [5, 5.41) is 4.23. The van der Waals surface area contributed by atoms with E-state index in [0.29, 0.717) is 0 Å². The zero-order valence-electron chi connectivity index (χ0n) is 13.2. The largest absolute Gasteiger partial charge is 0.383 e. The first kappa shape index (κ1) is 15.6. The number of nitrogens with zero attached hydrogens (tertiary/aromatic N) is 1. The van der Waals surface area contributed by atoms with Gasteiger partial charge in [-0.3, -0.25) is 4.79 Å². The molecular formula is C18H23ClN2O. The molecule has 1 saturated carbocycles. The molecule has 22 heavy (non-hydrogen) atoms. The summed E-state index contributed by atoms with van der Waals surface area (Å²) in [7, 11) is 3.94. The number of carbonyl (C=O) groups is 1. The number of ketones is 1. The van der Waals surface area contributed by atoms with E-state index < -0.39 is 0 Å². The monoisotopic (exact) mass is 318 g/mol. The number of piperidine rings is 1. The quantitative estimate of drug-likeness (QED) is 0.869. The van der Waals surface area contributed by atoms with Gasteiger partial charge in [0.25, 0.3) is 0 Å². The van der Waals surface area contributed by atoms with Gasteiger partial charge in [0, 0.05) is 42.9 Å². The fourth-order valence-corrected chi connectivity index (χ4v) is 3.85. The van der Waals surface area contributed by atoms with E-state index in [4.69, 9.17) is 11.6 Å². The average molecular weight is 319 g/mol. The highest BCUT2D eigenvalue weighted by Gasteiger charge is 2.49. The van der Waals surface area contributed by atoms with Crippen molar-refractivity contribution in [3.8, 4) is 0 Å². The Morgan fingerprint density at radius 1 is 1.27 bits per heavy atom. The lowest BCUT2D eigenvalue weighted by Crippen LogP contribution is -2.59. The van der Waals surface area contributed by atoms with Crippen LogP contribution < -0.4 is 5.32 Å². The molecule has 1 aliphatic heterocycles. The van der Waals surface area contributed by atoms with Gasteiger partial charge in [-0.1, -0.05) is 30.2 Å². The number of rotatable bonds is 3. The molecule has 1 aromatic rings. The van der Waals surface area contributed by atoms with Crippen LogP contribution in [-0.2, 0) is 10.2 Å². The van der Waals surface area contributed by atoms with Gasteiger partial charge >= 0.3 is 0 Å². The Morgan fingerprint density at radius 2 is 1.95 bits per heavy atom. The maximum Gasteiger partial charge on any atom is 0.178 e. The lowest BCUT2D eigenvalue weighted by molar-refractivity contribution is -0.121. The van der Waals surface area contributed by atoms with Crippen molar-refractivity contribution in [2.45, 2.75) is 37.1 Å². The Labute approximate surface area is 137 Å². The summed E-state index contributed by atoms with van der Waals surface area (Å²) >= 11 is 6.02. The molecule has 0 spiro atoms. The van der Waals surface area contributed by atoms with Crippen molar-refractivity contribution in [2.24, 2.45) is 0 Å². The van der Waals surface area contributed by atoms with Gasteiger partial charge < -0.3 is 10.2 Å². The Bertz CT molecular complexity index is 588. The molecular weight excluding hydrogens is 296 g/mol. The van der Waals surface area contributed by atoms with E-state index in [0.717, 1.165) is 36.4 Å². The molecule has 1 aromatic carbocycles. The van der Waals surface area contributed by atoms with Crippen LogP contribution in [0.5, 0.6) is 0 Å². The Morgan fingerprint density at radius 3 is 2.50 bits per heavy atom. The molecule has 118 valence electrons. The third-order valence-electron chi connectivity index (χ3n) is 4.95. The van der Waals surface area contributed by atoms with Crippen molar-refractivity contribution < 1.29 is 4.79 Å². The van der Waals surface area contributed by atoms with Crippen LogP contribution in [0.3, 0.4) is 0 Å². The van der Waals surface area contributed by atoms with E-state index in [-0.39, 0.29) is 17.2 Å². The summed E-state index contributed by atoms with van der Waals surface area (Å²) in [5.74, 6) is 0.259. The number of hydrogen-bond acceptors (Lipinski definition) is 3. The fourth-order valence-electron chi connectivity index (χ4n) is 3.72. The molecule has 3 rings (SSSR count). The second-order valence-corrected chi connectivity index (χ2v) is 7.07. The molecule has 2 aliphatic rings. The first-order valence-electron chi connectivity index (χ1n) is 7.94. The van der Waals surface area contributed by atoms with Gasteiger partial charge in [0.15, 0.2) is 5.78 Å². The second-order valence-electron chi connectivity index (χ2n) is 6.64. The minimum atomic E-state index is -0.109. The molecule has 0 bridgehead atoms. The van der Waals surface area contributed by atoms with Crippen molar-refractivity contribution in [1.29, 1.82) is 0 Å². The number of Topliss-reactive ketones (excluding diaryl/α,β-unsaturated/α-hetero) is 1. The van der Waals surface area contributed by atoms with Crippen LogP contribution in [0.15, 0.2) is 36.0 Å². The topological polar surface area (TPSA) is 32.3 Å². The molecule has 1 unspecified atom stereocenters. The van der Waals surface area contributed by atoms with Crippen molar-refractivity contribution in [3.05, 3.63) is 46.6 Å². The molecule has 1 saturated heterocycles. The van der Waals surface area contributed by atoms with E-state index in [2.05, 4.69) is 17.4 Å². The van der Waals surface area contributed by atoms with Gasteiger partial charge in [0.2, 0.25) is 0 Å². The lowest BCUT2D eigenvalue weighted by atomic mass is 9.58. The number of halogens is 1. The third-order valence-corrected chi connectivity index (χ3v) is 5.20. The first-order chi connectivity index (χ1) is 10.5. The number of nitrogens with one attached hydrogen (secondary N) is 1. The van der Waals surface area contributed by atoms with E-state index in [1.165, 1.54) is 12.0 Å². The molecule has 1 aliphatic carbocycles. The Kier molecular flexibility index (Phi) is 4.28. The highest BCUT2D eigenvalue weighted by molar-refractivity contribution is 6.30. The standard InChI is InChI=1S/C18H23ClN2O/c1-21(2)12-13-8-11-20-17(16(13)22)18(9-3-10-18)14-4-6-15(19)7-5-14/h4-7,12,17,20H,3,8-11H2,1-2H3/b13-12+. The van der Waals surface area contributed by atoms with Gasteiger partial charge in [-0.15, -0.1) is 0 Å². The average Bonchev–Trinajstić information content (AvgIpc) is 2.43. The van der Waals surface area contributed by atoms with Crippen LogP contribution in [0.25, 0.3) is 0 Å². The number of carbonyl (C=O) groups excluding carboxylic acids is 1. The maximum absolute atomic E-state index is 13.0. The molecule has 2 fully saturated rings.